The Labute approximate surface area is 154 Å². The lowest BCUT2D eigenvalue weighted by molar-refractivity contribution is -0.672. The fourth-order valence-corrected chi connectivity index (χ4v) is 2.54. The largest absolute Gasteiger partial charge is 1.00 e. The van der Waals surface area contributed by atoms with Crippen LogP contribution in [0.3, 0.4) is 0 Å². The molecule has 0 amide bonds. The van der Waals surface area contributed by atoms with Crippen molar-refractivity contribution in [1.82, 2.24) is 4.68 Å². The Balaban J connectivity index is 0.00000192. The quantitative estimate of drug-likeness (QED) is 0.334. The van der Waals surface area contributed by atoms with E-state index in [1.165, 1.54) is 23.9 Å². The van der Waals surface area contributed by atoms with Gasteiger partial charge in [0, 0.05) is 0 Å². The molecule has 1 aromatic heterocycles. The molecule has 0 atom stereocenters. The number of hydrogen-bond donors (Lipinski definition) is 0. The van der Waals surface area contributed by atoms with Gasteiger partial charge < -0.3 is 24.0 Å². The van der Waals surface area contributed by atoms with Gasteiger partial charge in [0.05, 0.1) is 12.8 Å². The minimum absolute atomic E-state index is 0. The predicted molar refractivity (Wildman–Crippen MR) is 91.2 cm³/mol. The second kappa shape index (κ2) is 8.24. The van der Waals surface area contributed by atoms with E-state index in [1.807, 2.05) is 10.9 Å². The number of fused-ring (bicyclic) bond motifs is 1. The van der Waals surface area contributed by atoms with Crippen LogP contribution in [-0.4, -0.2) is 10.9 Å². The summed E-state index contributed by atoms with van der Waals surface area (Å²) in [4.78, 5) is 0. The zero-order valence-corrected chi connectivity index (χ0v) is 15.8. The molecule has 1 heterocycles. The summed E-state index contributed by atoms with van der Waals surface area (Å²) in [7, 11) is 0. The molecule has 120 valence electrons. The molecule has 3 rings (SSSR count). The van der Waals surface area contributed by atoms with Crippen molar-refractivity contribution in [2.24, 2.45) is 5.10 Å². The molecule has 0 unspecified atom stereocenters. The maximum absolute atomic E-state index is 4.63. The molecule has 0 radical (unpaired) electrons. The lowest BCUT2D eigenvalue weighted by Gasteiger charge is -1.93. The molecule has 0 aliphatic rings. The fourth-order valence-electron chi connectivity index (χ4n) is 2.54. The summed E-state index contributed by atoms with van der Waals surface area (Å²) in [6.07, 6.45) is 6.38. The number of aromatic nitrogens is 2. The minimum Gasteiger partial charge on any atom is -1.00 e. The SMILES string of the molecule is CCCC[n+]1cn(/N=C/c2ccc(C)cc2)c2ccccc21.[I-]. The summed E-state index contributed by atoms with van der Waals surface area (Å²) >= 11 is 0. The first kappa shape index (κ1) is 17.7. The highest BCUT2D eigenvalue weighted by molar-refractivity contribution is 5.80. The van der Waals surface area contributed by atoms with Crippen molar-refractivity contribution in [2.75, 3.05) is 0 Å². The number of rotatable bonds is 5. The second-order valence-electron chi connectivity index (χ2n) is 5.65. The van der Waals surface area contributed by atoms with Crippen LogP contribution >= 0.6 is 0 Å². The van der Waals surface area contributed by atoms with Gasteiger partial charge in [0.2, 0.25) is 5.52 Å². The van der Waals surface area contributed by atoms with E-state index in [1.54, 1.807) is 0 Å². The van der Waals surface area contributed by atoms with Crippen LogP contribution in [0.15, 0.2) is 60.0 Å². The Kier molecular flexibility index (Phi) is 6.33. The van der Waals surface area contributed by atoms with Crippen LogP contribution in [0.4, 0.5) is 0 Å². The number of hydrogen-bond acceptors (Lipinski definition) is 1. The number of imidazole rings is 1. The van der Waals surface area contributed by atoms with Crippen molar-refractivity contribution in [2.45, 2.75) is 33.2 Å². The Hall–Kier alpha value is -1.69. The molecule has 0 saturated carbocycles. The van der Waals surface area contributed by atoms with Crippen LogP contribution in [0.2, 0.25) is 0 Å². The van der Waals surface area contributed by atoms with Crippen LogP contribution in [0.1, 0.15) is 30.9 Å². The van der Waals surface area contributed by atoms with Crippen LogP contribution in [0, 0.1) is 6.92 Å². The third-order valence-electron chi connectivity index (χ3n) is 3.85. The monoisotopic (exact) mass is 419 g/mol. The van der Waals surface area contributed by atoms with Crippen molar-refractivity contribution in [3.05, 3.63) is 66.0 Å². The first-order chi connectivity index (χ1) is 10.8. The predicted octanol–water partition coefficient (Wildman–Crippen LogP) is 0.924. The van der Waals surface area contributed by atoms with E-state index < -0.39 is 0 Å². The summed E-state index contributed by atoms with van der Waals surface area (Å²) < 4.78 is 4.25. The first-order valence-corrected chi connectivity index (χ1v) is 7.88. The van der Waals surface area contributed by atoms with Crippen molar-refractivity contribution in [3.8, 4) is 0 Å². The molecule has 3 aromatic rings. The van der Waals surface area contributed by atoms with E-state index in [-0.39, 0.29) is 24.0 Å². The van der Waals surface area contributed by atoms with E-state index in [9.17, 15) is 0 Å². The van der Waals surface area contributed by atoms with Crippen molar-refractivity contribution in [3.63, 3.8) is 0 Å². The van der Waals surface area contributed by atoms with Gasteiger partial charge >= 0.3 is 0 Å². The normalized spacial score (nSPS) is 11.0. The molecule has 0 bridgehead atoms. The van der Waals surface area contributed by atoms with E-state index in [0.29, 0.717) is 0 Å². The first-order valence-electron chi connectivity index (χ1n) is 7.88. The van der Waals surface area contributed by atoms with Crippen LogP contribution in [-0.2, 0) is 6.54 Å². The average molecular weight is 419 g/mol. The van der Waals surface area contributed by atoms with E-state index in [0.717, 1.165) is 17.6 Å². The Morgan fingerprint density at radius 2 is 1.83 bits per heavy atom. The zero-order chi connectivity index (χ0) is 15.4. The molecule has 23 heavy (non-hydrogen) atoms. The number of benzene rings is 2. The third kappa shape index (κ3) is 4.19. The molecule has 4 heteroatoms. The average Bonchev–Trinajstić information content (AvgIpc) is 2.91. The molecule has 0 saturated heterocycles. The van der Waals surface area contributed by atoms with Gasteiger partial charge in [-0.3, -0.25) is 0 Å². The fraction of sp³-hybridized carbons (Fsp3) is 0.263. The highest BCUT2D eigenvalue weighted by atomic mass is 127. The Morgan fingerprint density at radius 1 is 1.09 bits per heavy atom. The van der Waals surface area contributed by atoms with Gasteiger partial charge in [0.1, 0.15) is 0 Å². The molecular weight excluding hydrogens is 397 g/mol. The van der Waals surface area contributed by atoms with E-state index in [2.05, 4.69) is 78.4 Å². The number of halogens is 1. The summed E-state index contributed by atoms with van der Waals surface area (Å²) in [6, 6.07) is 16.8. The van der Waals surface area contributed by atoms with Gasteiger partial charge in [0.25, 0.3) is 6.33 Å². The van der Waals surface area contributed by atoms with Gasteiger partial charge in [-0.25, -0.2) is 4.57 Å². The van der Waals surface area contributed by atoms with Crippen molar-refractivity contribution in [1.29, 1.82) is 0 Å². The molecule has 0 spiro atoms. The van der Waals surface area contributed by atoms with Crippen molar-refractivity contribution < 1.29 is 28.5 Å². The lowest BCUT2D eigenvalue weighted by atomic mass is 10.2. The number of aryl methyl sites for hydroxylation is 2. The van der Waals surface area contributed by atoms with E-state index in [4.69, 9.17) is 0 Å². The Morgan fingerprint density at radius 3 is 2.57 bits per heavy atom. The maximum Gasteiger partial charge on any atom is 0.270 e. The van der Waals surface area contributed by atoms with Gasteiger partial charge in [-0.1, -0.05) is 65.1 Å². The van der Waals surface area contributed by atoms with Crippen LogP contribution < -0.4 is 28.5 Å². The maximum atomic E-state index is 4.63. The molecule has 2 aromatic carbocycles. The Bertz CT molecular complexity index is 788. The summed E-state index contributed by atoms with van der Waals surface area (Å²) in [5.74, 6) is 0. The van der Waals surface area contributed by atoms with Crippen LogP contribution in [0.25, 0.3) is 11.0 Å². The zero-order valence-electron chi connectivity index (χ0n) is 13.6. The summed E-state index contributed by atoms with van der Waals surface area (Å²) in [5.41, 5.74) is 4.75. The number of nitrogens with zero attached hydrogens (tertiary/aromatic N) is 3. The second-order valence-corrected chi connectivity index (χ2v) is 5.65. The summed E-state index contributed by atoms with van der Waals surface area (Å²) in [5, 5.41) is 4.63. The number of para-hydroxylation sites is 2. The summed E-state index contributed by atoms with van der Waals surface area (Å²) in [6.45, 7) is 5.34. The van der Waals surface area contributed by atoms with Gasteiger partial charge in [0.15, 0.2) is 5.52 Å². The standard InChI is InChI=1S/C19H22N3.HI/c1-3-4-13-21-15-22(19-8-6-5-7-18(19)21)20-14-17-11-9-16(2)10-12-17;/h5-12,14-15H,3-4,13H2,1-2H3;1H/q+1;/p-1/b20-14+;. The van der Waals surface area contributed by atoms with E-state index >= 15 is 0 Å². The number of unbranched alkanes of at least 4 members (excludes halogenated alkanes) is 1. The molecule has 0 fully saturated rings. The highest BCUT2D eigenvalue weighted by Gasteiger charge is 2.13. The van der Waals surface area contributed by atoms with Gasteiger partial charge in [-0.2, -0.15) is 0 Å². The smallest absolute Gasteiger partial charge is 0.270 e. The minimum atomic E-state index is 0. The highest BCUT2D eigenvalue weighted by Crippen LogP contribution is 2.11. The molecular formula is C19H22IN3. The molecule has 0 aliphatic carbocycles. The molecule has 0 aliphatic heterocycles. The topological polar surface area (TPSA) is 21.2 Å². The van der Waals surface area contributed by atoms with Crippen molar-refractivity contribution >= 4 is 17.2 Å². The van der Waals surface area contributed by atoms with Gasteiger partial charge in [-0.15, -0.1) is 0 Å². The third-order valence-corrected chi connectivity index (χ3v) is 3.85. The molecule has 3 nitrogen and oxygen atoms in total. The lowest BCUT2D eigenvalue weighted by Crippen LogP contribution is -3.00. The van der Waals surface area contributed by atoms with Gasteiger partial charge in [-0.05, 0) is 31.0 Å². The molecule has 0 N–H and O–H groups in total. The van der Waals surface area contributed by atoms with Crippen LogP contribution in [0.5, 0.6) is 0 Å².